The summed E-state index contributed by atoms with van der Waals surface area (Å²) in [6, 6.07) is 25.2. The van der Waals surface area contributed by atoms with Crippen LogP contribution in [0.4, 0.5) is 5.82 Å². The van der Waals surface area contributed by atoms with Gasteiger partial charge in [-0.3, -0.25) is 5.43 Å². The van der Waals surface area contributed by atoms with Crippen molar-refractivity contribution in [1.82, 2.24) is 14.8 Å². The third-order valence-corrected chi connectivity index (χ3v) is 6.50. The van der Waals surface area contributed by atoms with Crippen molar-refractivity contribution in [2.45, 2.75) is 20.8 Å². The van der Waals surface area contributed by atoms with Crippen LogP contribution >= 0.6 is 0 Å². The molecule has 0 unspecified atom stereocenters. The molecule has 0 radical (unpaired) electrons. The molecule has 3 heterocycles. The molecular weight excluding hydrogens is 474 g/mol. The molecule has 6 aromatic rings. The molecule has 3 aromatic carbocycles. The number of aryl methyl sites for hydroxylation is 3. The molecule has 7 heteroatoms. The number of para-hydroxylation sites is 2. The number of rotatable bonds is 5. The second-order valence-electron chi connectivity index (χ2n) is 9.37. The number of nitrogens with one attached hydrogen (secondary N) is 1. The van der Waals surface area contributed by atoms with Gasteiger partial charge >= 0.3 is 5.63 Å². The van der Waals surface area contributed by atoms with E-state index in [1.54, 1.807) is 17.0 Å². The molecule has 0 spiro atoms. The zero-order valence-electron chi connectivity index (χ0n) is 21.3. The van der Waals surface area contributed by atoms with Crippen molar-refractivity contribution >= 4 is 33.9 Å². The third kappa shape index (κ3) is 4.35. The average Bonchev–Trinajstić information content (AvgIpc) is 3.33. The van der Waals surface area contributed by atoms with Gasteiger partial charge < -0.3 is 4.42 Å². The quantitative estimate of drug-likeness (QED) is 0.165. The summed E-state index contributed by atoms with van der Waals surface area (Å²) in [6.45, 7) is 6.22. The molecule has 0 saturated carbocycles. The van der Waals surface area contributed by atoms with E-state index in [0.29, 0.717) is 28.2 Å². The van der Waals surface area contributed by atoms with Gasteiger partial charge in [-0.15, -0.1) is 0 Å². The van der Waals surface area contributed by atoms with Gasteiger partial charge in [-0.05, 0) is 68.3 Å². The molecule has 1 N–H and O–H groups in total. The van der Waals surface area contributed by atoms with E-state index in [9.17, 15) is 4.79 Å². The minimum absolute atomic E-state index is 0.366. The summed E-state index contributed by atoms with van der Waals surface area (Å²) in [5, 5.41) is 11.2. The number of aromatic nitrogens is 3. The number of benzene rings is 3. The maximum absolute atomic E-state index is 13.0. The Bertz CT molecular complexity index is 1900. The number of nitrogens with zero attached hydrogens (tertiary/aromatic N) is 4. The number of hydrogen-bond donors (Lipinski definition) is 1. The van der Waals surface area contributed by atoms with Crippen LogP contribution in [-0.4, -0.2) is 21.0 Å². The van der Waals surface area contributed by atoms with Crippen molar-refractivity contribution in [3.8, 4) is 16.9 Å². The topological polar surface area (TPSA) is 85.3 Å². The lowest BCUT2D eigenvalue weighted by Gasteiger charge is -2.09. The van der Waals surface area contributed by atoms with E-state index in [4.69, 9.17) is 14.5 Å². The van der Waals surface area contributed by atoms with Crippen LogP contribution in [0.15, 0.2) is 99.4 Å². The Morgan fingerprint density at radius 2 is 1.71 bits per heavy atom. The Morgan fingerprint density at radius 3 is 2.55 bits per heavy atom. The van der Waals surface area contributed by atoms with E-state index in [2.05, 4.69) is 43.4 Å². The van der Waals surface area contributed by atoms with Gasteiger partial charge in [-0.2, -0.15) is 10.2 Å². The molecule has 0 aliphatic carbocycles. The summed E-state index contributed by atoms with van der Waals surface area (Å²) in [5.74, 6) is 0.639. The van der Waals surface area contributed by atoms with Gasteiger partial charge in [-0.25, -0.2) is 14.5 Å². The first kappa shape index (κ1) is 23.4. The SMILES string of the molecule is Cc1cc(C)c2nc(NN=Cc3cn(-c4ccccc4)nc3-c3cc4ccccc4oc3=O)cc(C)c2c1. The molecule has 0 aliphatic rings. The third-order valence-electron chi connectivity index (χ3n) is 6.50. The van der Waals surface area contributed by atoms with Gasteiger partial charge in [0.25, 0.3) is 0 Å². The minimum Gasteiger partial charge on any atom is -0.422 e. The lowest BCUT2D eigenvalue weighted by molar-refractivity contribution is 0.563. The summed E-state index contributed by atoms with van der Waals surface area (Å²) in [6.07, 6.45) is 3.50. The fraction of sp³-hybridized carbons (Fsp3) is 0.0968. The summed E-state index contributed by atoms with van der Waals surface area (Å²) < 4.78 is 7.32. The molecule has 0 atom stereocenters. The highest BCUT2D eigenvalue weighted by molar-refractivity contribution is 5.91. The molecule has 0 fully saturated rings. The molecule has 3 aromatic heterocycles. The first-order valence-electron chi connectivity index (χ1n) is 12.3. The molecule has 0 aliphatic heterocycles. The Morgan fingerprint density at radius 1 is 0.921 bits per heavy atom. The average molecular weight is 500 g/mol. The number of anilines is 1. The van der Waals surface area contributed by atoms with Crippen LogP contribution in [0, 0.1) is 20.8 Å². The standard InChI is InChI=1S/C31H25N5O2/c1-19-13-21(3)29-25(14-19)20(2)15-28(33-29)34-32-17-23-18-36(24-10-5-4-6-11-24)35-30(23)26-16-22-9-7-8-12-27(22)38-31(26)37/h4-18H,1-3H3,(H,33,34). The predicted molar refractivity (Wildman–Crippen MR) is 152 cm³/mol. The monoisotopic (exact) mass is 499 g/mol. The second-order valence-corrected chi connectivity index (χ2v) is 9.37. The van der Waals surface area contributed by atoms with Gasteiger partial charge in [0.15, 0.2) is 0 Å². The largest absolute Gasteiger partial charge is 0.422 e. The molecule has 0 saturated heterocycles. The highest BCUT2D eigenvalue weighted by Crippen LogP contribution is 2.26. The van der Waals surface area contributed by atoms with Crippen LogP contribution in [0.1, 0.15) is 22.3 Å². The van der Waals surface area contributed by atoms with Crippen LogP contribution in [0.5, 0.6) is 0 Å². The Labute approximate surface area is 219 Å². The molecule has 7 nitrogen and oxygen atoms in total. The number of hydrazone groups is 1. The van der Waals surface area contributed by atoms with Crippen molar-refractivity contribution in [3.63, 3.8) is 0 Å². The van der Waals surface area contributed by atoms with Crippen LogP contribution in [0.2, 0.25) is 0 Å². The summed E-state index contributed by atoms with van der Waals surface area (Å²) in [7, 11) is 0. The fourth-order valence-corrected chi connectivity index (χ4v) is 4.70. The van der Waals surface area contributed by atoms with Gasteiger partial charge in [0, 0.05) is 22.5 Å². The minimum atomic E-state index is -0.456. The van der Waals surface area contributed by atoms with Crippen LogP contribution in [-0.2, 0) is 0 Å². The van der Waals surface area contributed by atoms with Crippen LogP contribution in [0.25, 0.3) is 38.8 Å². The fourth-order valence-electron chi connectivity index (χ4n) is 4.70. The number of hydrogen-bond acceptors (Lipinski definition) is 6. The Hall–Kier alpha value is -5.04. The highest BCUT2D eigenvalue weighted by Gasteiger charge is 2.16. The van der Waals surface area contributed by atoms with E-state index in [1.165, 1.54) is 5.56 Å². The first-order valence-corrected chi connectivity index (χ1v) is 12.3. The smallest absolute Gasteiger partial charge is 0.345 e. The normalized spacial score (nSPS) is 11.6. The van der Waals surface area contributed by atoms with Gasteiger partial charge in [0.05, 0.1) is 23.0 Å². The molecule has 0 amide bonds. The summed E-state index contributed by atoms with van der Waals surface area (Å²) in [4.78, 5) is 17.7. The molecule has 38 heavy (non-hydrogen) atoms. The zero-order valence-corrected chi connectivity index (χ0v) is 21.3. The van der Waals surface area contributed by atoms with E-state index in [1.807, 2.05) is 66.9 Å². The van der Waals surface area contributed by atoms with E-state index in [0.717, 1.165) is 33.1 Å². The van der Waals surface area contributed by atoms with Crippen molar-refractivity contribution in [2.24, 2.45) is 5.10 Å². The number of fused-ring (bicyclic) bond motifs is 2. The van der Waals surface area contributed by atoms with E-state index < -0.39 is 5.63 Å². The van der Waals surface area contributed by atoms with Gasteiger partial charge in [-0.1, -0.05) is 48.0 Å². The van der Waals surface area contributed by atoms with Gasteiger partial charge in [0.1, 0.15) is 17.1 Å². The molecule has 186 valence electrons. The highest BCUT2D eigenvalue weighted by atomic mass is 16.4. The molecule has 0 bridgehead atoms. The predicted octanol–water partition coefficient (Wildman–Crippen LogP) is 6.57. The van der Waals surface area contributed by atoms with Crippen molar-refractivity contribution in [2.75, 3.05) is 5.43 Å². The van der Waals surface area contributed by atoms with Crippen molar-refractivity contribution in [3.05, 3.63) is 118 Å². The Kier molecular flexibility index (Phi) is 5.81. The zero-order chi connectivity index (χ0) is 26.2. The lowest BCUT2D eigenvalue weighted by Crippen LogP contribution is -2.05. The van der Waals surface area contributed by atoms with E-state index >= 15 is 0 Å². The summed E-state index contributed by atoms with van der Waals surface area (Å²) in [5.41, 5.74) is 9.89. The molecular formula is C31H25N5O2. The van der Waals surface area contributed by atoms with Gasteiger partial charge in [0.2, 0.25) is 0 Å². The Balaban J connectivity index is 1.41. The van der Waals surface area contributed by atoms with E-state index in [-0.39, 0.29) is 0 Å². The molecule has 6 rings (SSSR count). The number of pyridine rings is 1. The summed E-state index contributed by atoms with van der Waals surface area (Å²) >= 11 is 0. The lowest BCUT2D eigenvalue weighted by atomic mass is 10.0. The van der Waals surface area contributed by atoms with Crippen LogP contribution < -0.4 is 11.1 Å². The van der Waals surface area contributed by atoms with Crippen LogP contribution in [0.3, 0.4) is 0 Å². The van der Waals surface area contributed by atoms with Crippen molar-refractivity contribution < 1.29 is 4.42 Å². The maximum atomic E-state index is 13.0. The maximum Gasteiger partial charge on any atom is 0.345 e. The first-order chi connectivity index (χ1) is 18.5. The second kappa shape index (κ2) is 9.44. The van der Waals surface area contributed by atoms with Crippen molar-refractivity contribution in [1.29, 1.82) is 0 Å².